The minimum atomic E-state index is 0.486. The number of nitrogens with zero attached hydrogens (tertiary/aromatic N) is 3. The van der Waals surface area contributed by atoms with E-state index < -0.39 is 0 Å². The molecule has 0 atom stereocenters. The largest absolute Gasteiger partial charge is 0.399 e. The van der Waals surface area contributed by atoms with Gasteiger partial charge in [0.25, 0.3) is 0 Å². The van der Waals surface area contributed by atoms with E-state index in [1.807, 2.05) is 13.0 Å². The van der Waals surface area contributed by atoms with Gasteiger partial charge in [-0.05, 0) is 37.6 Å². The zero-order valence-corrected chi connectivity index (χ0v) is 11.5. The van der Waals surface area contributed by atoms with Gasteiger partial charge in [-0.3, -0.25) is 0 Å². The highest BCUT2D eigenvalue weighted by molar-refractivity contribution is 7.20. The Bertz CT molecular complexity index is 694. The highest BCUT2D eigenvalue weighted by Gasteiger charge is 2.12. The summed E-state index contributed by atoms with van der Waals surface area (Å²) in [5, 5.41) is 18.5. The summed E-state index contributed by atoms with van der Waals surface area (Å²) >= 11 is 1.26. The van der Waals surface area contributed by atoms with Crippen molar-refractivity contribution in [2.24, 2.45) is 10.2 Å². The van der Waals surface area contributed by atoms with Crippen LogP contribution in [0, 0.1) is 25.2 Å². The molecule has 0 radical (unpaired) electrons. The molecule has 6 heteroatoms. The molecule has 4 N–H and O–H groups in total. The standard InChI is InChI=1S/C13H13N5S/c1-7-5-9(15)3-4-11(7)17-18-13-10(6-14)8(2)12(16)19-13/h3-5H,15-16H2,1-2H3. The van der Waals surface area contributed by atoms with Crippen LogP contribution in [-0.2, 0) is 0 Å². The summed E-state index contributed by atoms with van der Waals surface area (Å²) in [5.74, 6) is 0. The molecule has 0 saturated heterocycles. The summed E-state index contributed by atoms with van der Waals surface area (Å²) in [6.07, 6.45) is 0. The third-order valence-corrected chi connectivity index (χ3v) is 3.75. The lowest BCUT2D eigenvalue weighted by Gasteiger charge is -1.99. The Balaban J connectivity index is 2.38. The van der Waals surface area contributed by atoms with Gasteiger partial charge in [0, 0.05) is 11.3 Å². The van der Waals surface area contributed by atoms with Gasteiger partial charge >= 0.3 is 0 Å². The number of rotatable bonds is 2. The van der Waals surface area contributed by atoms with Crippen LogP contribution >= 0.6 is 11.3 Å². The van der Waals surface area contributed by atoms with E-state index in [4.69, 9.17) is 16.7 Å². The van der Waals surface area contributed by atoms with E-state index in [1.165, 1.54) is 11.3 Å². The fraction of sp³-hybridized carbons (Fsp3) is 0.154. The first-order valence-corrected chi connectivity index (χ1v) is 6.41. The van der Waals surface area contributed by atoms with Crippen molar-refractivity contribution in [3.05, 3.63) is 34.9 Å². The molecule has 0 aliphatic rings. The summed E-state index contributed by atoms with van der Waals surface area (Å²) in [4.78, 5) is 0. The van der Waals surface area contributed by atoms with Crippen molar-refractivity contribution in [1.82, 2.24) is 0 Å². The lowest BCUT2D eigenvalue weighted by atomic mass is 10.2. The molecular weight excluding hydrogens is 258 g/mol. The Morgan fingerprint density at radius 3 is 2.58 bits per heavy atom. The first kappa shape index (κ1) is 13.1. The number of hydrogen-bond donors (Lipinski definition) is 2. The number of nitrogen functional groups attached to an aromatic ring is 2. The molecule has 1 heterocycles. The van der Waals surface area contributed by atoms with Crippen LogP contribution in [0.15, 0.2) is 28.4 Å². The van der Waals surface area contributed by atoms with Gasteiger partial charge in [0.05, 0.1) is 16.3 Å². The number of nitrogens with two attached hydrogens (primary N) is 2. The van der Waals surface area contributed by atoms with E-state index in [-0.39, 0.29) is 0 Å². The first-order valence-electron chi connectivity index (χ1n) is 5.59. The number of aryl methyl sites for hydroxylation is 1. The highest BCUT2D eigenvalue weighted by atomic mass is 32.1. The summed E-state index contributed by atoms with van der Waals surface area (Å²) in [6, 6.07) is 7.49. The topological polar surface area (TPSA) is 101 Å². The maximum absolute atomic E-state index is 9.08. The van der Waals surface area contributed by atoms with Crippen molar-refractivity contribution in [1.29, 1.82) is 5.26 Å². The Labute approximate surface area is 115 Å². The molecule has 0 fully saturated rings. The Kier molecular flexibility index (Phi) is 3.49. The smallest absolute Gasteiger partial charge is 0.158 e. The molecule has 0 aliphatic carbocycles. The van der Waals surface area contributed by atoms with Crippen LogP contribution < -0.4 is 11.5 Å². The molecule has 1 aromatic carbocycles. The third-order valence-electron chi connectivity index (χ3n) is 2.75. The van der Waals surface area contributed by atoms with Gasteiger partial charge in [0.1, 0.15) is 6.07 Å². The molecule has 0 unspecified atom stereocenters. The van der Waals surface area contributed by atoms with Gasteiger partial charge in [-0.2, -0.15) is 5.26 Å². The molecule has 5 nitrogen and oxygen atoms in total. The lowest BCUT2D eigenvalue weighted by molar-refractivity contribution is 1.22. The number of nitriles is 1. The Hall–Kier alpha value is -2.39. The summed E-state index contributed by atoms with van der Waals surface area (Å²) in [6.45, 7) is 3.71. The molecular formula is C13H13N5S. The predicted octanol–water partition coefficient (Wildman–Crippen LogP) is 3.82. The average molecular weight is 271 g/mol. The normalized spacial score (nSPS) is 10.8. The third kappa shape index (κ3) is 2.56. The molecule has 0 saturated carbocycles. The number of azo groups is 1. The fourth-order valence-corrected chi connectivity index (χ4v) is 2.45. The van der Waals surface area contributed by atoms with Crippen LogP contribution in [0.5, 0.6) is 0 Å². The van der Waals surface area contributed by atoms with Gasteiger partial charge in [0.2, 0.25) is 0 Å². The van der Waals surface area contributed by atoms with E-state index in [0.717, 1.165) is 16.8 Å². The molecule has 2 rings (SSSR count). The molecule has 2 aromatic rings. The van der Waals surface area contributed by atoms with E-state index in [0.29, 0.717) is 21.3 Å². The van der Waals surface area contributed by atoms with Crippen molar-refractivity contribution in [2.75, 3.05) is 11.5 Å². The SMILES string of the molecule is Cc1cc(N)ccc1N=Nc1sc(N)c(C)c1C#N. The van der Waals surface area contributed by atoms with E-state index >= 15 is 0 Å². The minimum Gasteiger partial charge on any atom is -0.399 e. The zero-order valence-electron chi connectivity index (χ0n) is 10.6. The molecule has 0 amide bonds. The van der Waals surface area contributed by atoms with Crippen molar-refractivity contribution in [3.63, 3.8) is 0 Å². The second-order valence-electron chi connectivity index (χ2n) is 4.13. The molecule has 1 aromatic heterocycles. The maximum atomic E-state index is 9.08. The van der Waals surface area contributed by atoms with Gasteiger partial charge in [0.15, 0.2) is 5.00 Å². The fourth-order valence-electron chi connectivity index (χ4n) is 1.61. The van der Waals surface area contributed by atoms with Gasteiger partial charge < -0.3 is 11.5 Å². The number of thiophene rings is 1. The number of benzene rings is 1. The average Bonchev–Trinajstić information content (AvgIpc) is 2.63. The van der Waals surface area contributed by atoms with E-state index in [9.17, 15) is 0 Å². The van der Waals surface area contributed by atoms with Crippen LogP contribution in [0.2, 0.25) is 0 Å². The first-order chi connectivity index (χ1) is 9.02. The molecule has 0 aliphatic heterocycles. The van der Waals surface area contributed by atoms with Crippen LogP contribution in [0.1, 0.15) is 16.7 Å². The molecule has 0 spiro atoms. The second-order valence-corrected chi connectivity index (χ2v) is 5.16. The second kappa shape index (κ2) is 5.08. The van der Waals surface area contributed by atoms with Crippen LogP contribution in [-0.4, -0.2) is 0 Å². The maximum Gasteiger partial charge on any atom is 0.158 e. The highest BCUT2D eigenvalue weighted by Crippen LogP contribution is 2.37. The molecule has 96 valence electrons. The van der Waals surface area contributed by atoms with E-state index in [2.05, 4.69) is 16.3 Å². The van der Waals surface area contributed by atoms with Gasteiger partial charge in [-0.1, -0.05) is 11.3 Å². The quantitative estimate of drug-likeness (QED) is 0.641. The number of hydrogen-bond acceptors (Lipinski definition) is 6. The van der Waals surface area contributed by atoms with Crippen LogP contribution in [0.4, 0.5) is 21.4 Å². The van der Waals surface area contributed by atoms with Crippen molar-refractivity contribution in [3.8, 4) is 6.07 Å². The number of anilines is 2. The minimum absolute atomic E-state index is 0.486. The molecule has 0 bridgehead atoms. The summed E-state index contributed by atoms with van der Waals surface area (Å²) in [5.41, 5.74) is 15.0. The zero-order chi connectivity index (χ0) is 14.0. The Morgan fingerprint density at radius 1 is 1.21 bits per heavy atom. The van der Waals surface area contributed by atoms with Crippen molar-refractivity contribution < 1.29 is 0 Å². The van der Waals surface area contributed by atoms with Crippen molar-refractivity contribution >= 4 is 32.7 Å². The summed E-state index contributed by atoms with van der Waals surface area (Å²) < 4.78 is 0. The van der Waals surface area contributed by atoms with Gasteiger partial charge in [-0.15, -0.1) is 10.2 Å². The van der Waals surface area contributed by atoms with E-state index in [1.54, 1.807) is 19.1 Å². The predicted molar refractivity (Wildman–Crippen MR) is 78.0 cm³/mol. The van der Waals surface area contributed by atoms with Crippen LogP contribution in [0.3, 0.4) is 0 Å². The molecule has 19 heavy (non-hydrogen) atoms. The van der Waals surface area contributed by atoms with Crippen molar-refractivity contribution in [2.45, 2.75) is 13.8 Å². The lowest BCUT2D eigenvalue weighted by Crippen LogP contribution is -1.84. The van der Waals surface area contributed by atoms with Gasteiger partial charge in [-0.25, -0.2) is 0 Å². The Morgan fingerprint density at radius 2 is 1.95 bits per heavy atom. The van der Waals surface area contributed by atoms with Crippen LogP contribution in [0.25, 0.3) is 0 Å². The summed E-state index contributed by atoms with van der Waals surface area (Å²) in [7, 11) is 0. The monoisotopic (exact) mass is 271 g/mol.